The SMILES string of the molecule is Cc1cscc1-c1nc2ccc(C(F)(F)F)cc2[nH]1. The first kappa shape index (κ1) is 12.2. The van der Waals surface area contributed by atoms with Crippen LogP contribution in [-0.4, -0.2) is 9.97 Å². The second kappa shape index (κ2) is 4.09. The molecule has 0 atom stereocenters. The number of aryl methyl sites for hydroxylation is 1. The van der Waals surface area contributed by atoms with Crippen LogP contribution in [-0.2, 0) is 6.18 Å². The zero-order valence-electron chi connectivity index (χ0n) is 9.88. The molecule has 2 aromatic heterocycles. The van der Waals surface area contributed by atoms with E-state index < -0.39 is 11.7 Å². The molecule has 0 saturated heterocycles. The lowest BCUT2D eigenvalue weighted by atomic mass is 10.2. The third-order valence-electron chi connectivity index (χ3n) is 2.92. The number of nitrogens with zero attached hydrogens (tertiary/aromatic N) is 1. The first-order valence-electron chi connectivity index (χ1n) is 5.55. The minimum Gasteiger partial charge on any atom is -0.338 e. The average molecular weight is 282 g/mol. The molecule has 0 aliphatic carbocycles. The van der Waals surface area contributed by atoms with Gasteiger partial charge in [-0.25, -0.2) is 4.98 Å². The highest BCUT2D eigenvalue weighted by atomic mass is 32.1. The van der Waals surface area contributed by atoms with E-state index in [1.165, 1.54) is 17.4 Å². The van der Waals surface area contributed by atoms with Gasteiger partial charge in [0.25, 0.3) is 0 Å². The molecular formula is C13H9F3N2S. The topological polar surface area (TPSA) is 28.7 Å². The maximum Gasteiger partial charge on any atom is 0.416 e. The summed E-state index contributed by atoms with van der Waals surface area (Å²) in [5.41, 5.74) is 2.25. The van der Waals surface area contributed by atoms with Crippen LogP contribution in [0.5, 0.6) is 0 Å². The van der Waals surface area contributed by atoms with Gasteiger partial charge in [0.05, 0.1) is 16.6 Å². The maximum atomic E-state index is 12.6. The van der Waals surface area contributed by atoms with Crippen LogP contribution in [0.2, 0.25) is 0 Å². The van der Waals surface area contributed by atoms with Crippen molar-refractivity contribution in [3.63, 3.8) is 0 Å². The Kier molecular flexibility index (Phi) is 2.63. The minimum atomic E-state index is -4.34. The van der Waals surface area contributed by atoms with E-state index in [1.807, 2.05) is 17.7 Å². The number of H-pyrrole nitrogens is 1. The molecule has 0 aliphatic heterocycles. The lowest BCUT2D eigenvalue weighted by Gasteiger charge is -2.05. The molecule has 0 fully saturated rings. The van der Waals surface area contributed by atoms with Gasteiger partial charge in [0.15, 0.2) is 0 Å². The molecule has 2 nitrogen and oxygen atoms in total. The summed E-state index contributed by atoms with van der Waals surface area (Å²) in [7, 11) is 0. The molecule has 3 aromatic rings. The highest BCUT2D eigenvalue weighted by Gasteiger charge is 2.30. The van der Waals surface area contributed by atoms with E-state index in [0.717, 1.165) is 23.3 Å². The predicted octanol–water partition coefficient (Wildman–Crippen LogP) is 4.62. The van der Waals surface area contributed by atoms with Crippen LogP contribution in [0.1, 0.15) is 11.1 Å². The summed E-state index contributed by atoms with van der Waals surface area (Å²) in [6.45, 7) is 1.94. The number of aromatic nitrogens is 2. The summed E-state index contributed by atoms with van der Waals surface area (Å²) < 4.78 is 37.9. The van der Waals surface area contributed by atoms with Gasteiger partial charge in [-0.1, -0.05) is 0 Å². The summed E-state index contributed by atoms with van der Waals surface area (Å²) in [6.07, 6.45) is -4.34. The van der Waals surface area contributed by atoms with Crippen molar-refractivity contribution in [2.75, 3.05) is 0 Å². The second-order valence-corrected chi connectivity index (χ2v) is 5.03. The van der Waals surface area contributed by atoms with Crippen molar-refractivity contribution < 1.29 is 13.2 Å². The van der Waals surface area contributed by atoms with Crippen LogP contribution < -0.4 is 0 Å². The van der Waals surface area contributed by atoms with Crippen LogP contribution in [0.25, 0.3) is 22.4 Å². The number of aromatic amines is 1. The van der Waals surface area contributed by atoms with Gasteiger partial charge in [-0.3, -0.25) is 0 Å². The second-order valence-electron chi connectivity index (χ2n) is 4.28. The molecule has 0 aliphatic rings. The molecule has 98 valence electrons. The van der Waals surface area contributed by atoms with Crippen molar-refractivity contribution >= 4 is 22.4 Å². The lowest BCUT2D eigenvalue weighted by molar-refractivity contribution is -0.137. The zero-order valence-corrected chi connectivity index (χ0v) is 10.7. The Morgan fingerprint density at radius 3 is 2.63 bits per heavy atom. The van der Waals surface area contributed by atoms with Gasteiger partial charge in [-0.15, -0.1) is 0 Å². The monoisotopic (exact) mass is 282 g/mol. The summed E-state index contributed by atoms with van der Waals surface area (Å²) in [6, 6.07) is 3.53. The Labute approximate surface area is 110 Å². The van der Waals surface area contributed by atoms with E-state index in [1.54, 1.807) is 0 Å². The molecule has 0 spiro atoms. The van der Waals surface area contributed by atoms with Gasteiger partial charge in [0.2, 0.25) is 0 Å². The highest BCUT2D eigenvalue weighted by Crippen LogP contribution is 2.32. The number of thiophene rings is 1. The van der Waals surface area contributed by atoms with Crippen LogP contribution in [0.15, 0.2) is 29.0 Å². The van der Waals surface area contributed by atoms with Crippen LogP contribution in [0, 0.1) is 6.92 Å². The van der Waals surface area contributed by atoms with Gasteiger partial charge in [-0.05, 0) is 36.1 Å². The third kappa shape index (κ3) is 2.12. The van der Waals surface area contributed by atoms with E-state index in [2.05, 4.69) is 9.97 Å². The van der Waals surface area contributed by atoms with Crippen molar-refractivity contribution in [1.82, 2.24) is 9.97 Å². The molecule has 19 heavy (non-hydrogen) atoms. The molecule has 6 heteroatoms. The average Bonchev–Trinajstić information content (AvgIpc) is 2.91. The van der Waals surface area contributed by atoms with Crippen molar-refractivity contribution in [2.24, 2.45) is 0 Å². The number of hydrogen-bond donors (Lipinski definition) is 1. The van der Waals surface area contributed by atoms with Crippen molar-refractivity contribution in [3.8, 4) is 11.4 Å². The molecule has 0 bridgehead atoms. The first-order chi connectivity index (χ1) is 8.95. The lowest BCUT2D eigenvalue weighted by Crippen LogP contribution is -2.04. The number of alkyl halides is 3. The number of imidazole rings is 1. The standard InChI is InChI=1S/C13H9F3N2S/c1-7-5-19-6-9(7)12-17-10-3-2-8(13(14,15)16)4-11(10)18-12/h2-6H,1H3,(H,17,18). The zero-order chi connectivity index (χ0) is 13.6. The molecule has 3 rings (SSSR count). The van der Waals surface area contributed by atoms with Crippen molar-refractivity contribution in [3.05, 3.63) is 40.1 Å². The predicted molar refractivity (Wildman–Crippen MR) is 69.1 cm³/mol. The molecule has 2 heterocycles. The fraction of sp³-hybridized carbons (Fsp3) is 0.154. The Morgan fingerprint density at radius 1 is 1.21 bits per heavy atom. The van der Waals surface area contributed by atoms with E-state index >= 15 is 0 Å². The Balaban J connectivity index is 2.14. The maximum absolute atomic E-state index is 12.6. The van der Waals surface area contributed by atoms with E-state index in [0.29, 0.717) is 16.9 Å². The van der Waals surface area contributed by atoms with Gasteiger partial charge < -0.3 is 4.98 Å². The quantitative estimate of drug-likeness (QED) is 0.693. The third-order valence-corrected chi connectivity index (χ3v) is 3.78. The van der Waals surface area contributed by atoms with Gasteiger partial charge in [-0.2, -0.15) is 24.5 Å². The summed E-state index contributed by atoms with van der Waals surface area (Å²) in [5.74, 6) is 0.605. The first-order valence-corrected chi connectivity index (χ1v) is 6.49. The van der Waals surface area contributed by atoms with Crippen molar-refractivity contribution in [2.45, 2.75) is 13.1 Å². The summed E-state index contributed by atoms with van der Waals surface area (Å²) >= 11 is 1.54. The van der Waals surface area contributed by atoms with E-state index in [9.17, 15) is 13.2 Å². The highest BCUT2D eigenvalue weighted by molar-refractivity contribution is 7.08. The number of nitrogens with one attached hydrogen (secondary N) is 1. The number of halogens is 3. The molecule has 0 radical (unpaired) electrons. The summed E-state index contributed by atoms with van der Waals surface area (Å²) in [5, 5.41) is 3.90. The fourth-order valence-electron chi connectivity index (χ4n) is 1.92. The number of fused-ring (bicyclic) bond motifs is 1. The van der Waals surface area contributed by atoms with Gasteiger partial charge in [0, 0.05) is 10.9 Å². The Hall–Kier alpha value is -1.82. The molecule has 0 saturated carbocycles. The van der Waals surface area contributed by atoms with E-state index in [4.69, 9.17) is 0 Å². The number of hydrogen-bond acceptors (Lipinski definition) is 2. The molecule has 0 amide bonds. The van der Waals surface area contributed by atoms with Crippen LogP contribution >= 0.6 is 11.3 Å². The molecule has 1 aromatic carbocycles. The molecule has 1 N–H and O–H groups in total. The smallest absolute Gasteiger partial charge is 0.338 e. The largest absolute Gasteiger partial charge is 0.416 e. The normalized spacial score (nSPS) is 12.2. The van der Waals surface area contributed by atoms with Crippen LogP contribution in [0.4, 0.5) is 13.2 Å². The van der Waals surface area contributed by atoms with Crippen molar-refractivity contribution in [1.29, 1.82) is 0 Å². The van der Waals surface area contributed by atoms with E-state index in [-0.39, 0.29) is 0 Å². The Bertz CT molecular complexity index is 740. The fourth-order valence-corrected chi connectivity index (χ4v) is 2.75. The van der Waals surface area contributed by atoms with Gasteiger partial charge >= 0.3 is 6.18 Å². The summed E-state index contributed by atoms with van der Waals surface area (Å²) in [4.78, 5) is 7.27. The van der Waals surface area contributed by atoms with Gasteiger partial charge in [0.1, 0.15) is 5.82 Å². The number of benzene rings is 1. The molecular weight excluding hydrogens is 273 g/mol. The molecule has 0 unspecified atom stereocenters. The van der Waals surface area contributed by atoms with Crippen LogP contribution in [0.3, 0.4) is 0 Å². The number of rotatable bonds is 1. The minimum absolute atomic E-state index is 0.399. The Morgan fingerprint density at radius 2 is 2.00 bits per heavy atom.